The SMILES string of the molecule is CC(C)OC(=O)N1CC2(C1)C(=O)Nc1ccc(Cl)cc12.CC(C)OC(=O)N1CC2(C1)C(=O)Nc1ccccc12.CCCCn1c(CN2C(=O)C3(CN(C(=O)OC(C)C)C3)c3cc(Cl)ccc32)nc2c1CCCC2.CCCCn1c(CN2C(=O)C3(CN(C(=O)OC(C)C)C3)c3cc(Cl)ccc32)nc2c1CCCC2. The minimum Gasteiger partial charge on any atom is -0.447 e. The maximum atomic E-state index is 13.9. The summed E-state index contributed by atoms with van der Waals surface area (Å²) in [5, 5.41) is 7.49. The third kappa shape index (κ3) is 14.4. The zero-order valence-corrected chi connectivity index (χ0v) is 65.1. The Bertz CT molecular complexity index is 4290. The summed E-state index contributed by atoms with van der Waals surface area (Å²) in [7, 11) is 0. The Balaban J connectivity index is 0.000000130. The van der Waals surface area contributed by atoms with E-state index >= 15 is 0 Å². The van der Waals surface area contributed by atoms with Crippen LogP contribution in [0.25, 0.3) is 0 Å². The molecule has 2 N–H and O–H groups in total. The van der Waals surface area contributed by atoms with Gasteiger partial charge in [0.2, 0.25) is 23.6 Å². The monoisotopic (exact) mass is 1520 g/mol. The zero-order valence-electron chi connectivity index (χ0n) is 62.8. The molecule has 16 rings (SSSR count). The maximum Gasteiger partial charge on any atom is 0.410 e. The molecule has 0 atom stereocenters. The number of halogens is 3. The molecule has 8 amide bonds. The number of ether oxygens (including phenoxy) is 4. The average Bonchev–Trinajstić information content (AvgIpc) is 1.55. The number of hydrogen-bond donors (Lipinski definition) is 2. The lowest BCUT2D eigenvalue weighted by atomic mass is 9.75. The van der Waals surface area contributed by atoms with Crippen LogP contribution in [0.1, 0.15) is 177 Å². The minimum atomic E-state index is -0.767. The van der Waals surface area contributed by atoms with Gasteiger partial charge >= 0.3 is 24.4 Å². The molecule has 0 radical (unpaired) electrons. The van der Waals surface area contributed by atoms with Gasteiger partial charge in [-0.1, -0.05) is 79.7 Å². The highest BCUT2D eigenvalue weighted by molar-refractivity contribution is 6.32. The van der Waals surface area contributed by atoms with Crippen LogP contribution in [-0.2, 0) is 112 Å². The van der Waals surface area contributed by atoms with E-state index in [2.05, 4.69) is 33.6 Å². The molecule has 27 heteroatoms. The van der Waals surface area contributed by atoms with E-state index < -0.39 is 21.7 Å². The number of para-hydroxylation sites is 1. The quantitative estimate of drug-likeness (QED) is 0.0962. The Labute approximate surface area is 640 Å². The molecule has 4 saturated heterocycles. The van der Waals surface area contributed by atoms with Crippen molar-refractivity contribution in [3.05, 3.63) is 151 Å². The first-order valence-corrected chi connectivity index (χ1v) is 39.0. The number of benzene rings is 4. The van der Waals surface area contributed by atoms with Crippen LogP contribution in [-0.4, -0.2) is 163 Å². The van der Waals surface area contributed by atoms with Gasteiger partial charge in [-0.25, -0.2) is 29.1 Å². The van der Waals surface area contributed by atoms with Gasteiger partial charge in [-0.15, -0.1) is 0 Å². The Morgan fingerprint density at radius 3 is 1.16 bits per heavy atom. The molecule has 8 aliphatic heterocycles. The van der Waals surface area contributed by atoms with Crippen molar-refractivity contribution in [2.75, 3.05) is 72.8 Å². The number of carbonyl (C=O) groups is 8. The van der Waals surface area contributed by atoms with Crippen molar-refractivity contribution in [2.24, 2.45) is 0 Å². The molecule has 570 valence electrons. The lowest BCUT2D eigenvalue weighted by molar-refractivity contribution is -0.129. The summed E-state index contributed by atoms with van der Waals surface area (Å²) in [6.45, 7) is 24.3. The number of rotatable bonds is 14. The summed E-state index contributed by atoms with van der Waals surface area (Å²) in [6.07, 6.45) is 11.1. The largest absolute Gasteiger partial charge is 0.447 e. The van der Waals surface area contributed by atoms with Crippen molar-refractivity contribution >= 4 is 106 Å². The summed E-state index contributed by atoms with van der Waals surface area (Å²) in [6, 6.07) is 24.2. The van der Waals surface area contributed by atoms with E-state index in [1.807, 2.05) is 112 Å². The lowest BCUT2D eigenvalue weighted by Gasteiger charge is -2.46. The molecule has 4 fully saturated rings. The van der Waals surface area contributed by atoms with Crippen molar-refractivity contribution in [1.29, 1.82) is 0 Å². The van der Waals surface area contributed by atoms with E-state index in [-0.39, 0.29) is 72.4 Å². The number of aromatic nitrogens is 4. The molecule has 2 aromatic heterocycles. The number of unbranched alkanes of at least 4 members (excludes halogenated alkanes) is 2. The van der Waals surface area contributed by atoms with E-state index in [1.54, 1.807) is 46.7 Å². The van der Waals surface area contributed by atoms with Crippen molar-refractivity contribution in [3.63, 3.8) is 0 Å². The first kappa shape index (κ1) is 76.3. The molecular weight excluding hydrogens is 1430 g/mol. The van der Waals surface area contributed by atoms with Crippen LogP contribution in [0.5, 0.6) is 0 Å². The van der Waals surface area contributed by atoms with Crippen LogP contribution >= 0.6 is 34.8 Å². The minimum absolute atomic E-state index is 0.0152. The molecular formula is C80H97Cl3N12O12. The summed E-state index contributed by atoms with van der Waals surface area (Å²) < 4.78 is 25.7. The highest BCUT2D eigenvalue weighted by atomic mass is 35.5. The fraction of sp³-hybridized carbons (Fsp3) is 0.525. The Kier molecular flexibility index (Phi) is 21.9. The second-order valence-corrected chi connectivity index (χ2v) is 32.3. The zero-order chi connectivity index (χ0) is 76.2. The number of imidazole rings is 2. The average molecular weight is 1530 g/mol. The summed E-state index contributed by atoms with van der Waals surface area (Å²) >= 11 is 18.7. The van der Waals surface area contributed by atoms with Gasteiger partial charge in [-0.2, -0.15) is 0 Å². The van der Waals surface area contributed by atoms with E-state index in [0.29, 0.717) is 80.5 Å². The van der Waals surface area contributed by atoms with Crippen LogP contribution in [0.3, 0.4) is 0 Å². The molecule has 4 spiro atoms. The van der Waals surface area contributed by atoms with Crippen LogP contribution in [0.4, 0.5) is 41.9 Å². The lowest BCUT2D eigenvalue weighted by Crippen LogP contribution is -2.65. The molecule has 107 heavy (non-hydrogen) atoms. The number of nitrogens with one attached hydrogen (secondary N) is 2. The molecule has 0 saturated carbocycles. The van der Waals surface area contributed by atoms with Crippen molar-refractivity contribution < 1.29 is 57.3 Å². The van der Waals surface area contributed by atoms with Gasteiger partial charge in [0.25, 0.3) is 0 Å². The van der Waals surface area contributed by atoms with Crippen molar-refractivity contribution in [3.8, 4) is 0 Å². The summed E-state index contributed by atoms with van der Waals surface area (Å²) in [5.74, 6) is 1.84. The van der Waals surface area contributed by atoms with Gasteiger partial charge in [-0.3, -0.25) is 19.2 Å². The third-order valence-electron chi connectivity index (χ3n) is 21.9. The van der Waals surface area contributed by atoms with Crippen LogP contribution in [0, 0.1) is 0 Å². The number of amides is 8. The first-order valence-electron chi connectivity index (χ1n) is 37.9. The number of carbonyl (C=O) groups excluding carboxylic acids is 8. The molecule has 10 aliphatic rings. The first-order chi connectivity index (χ1) is 51.1. The van der Waals surface area contributed by atoms with Crippen molar-refractivity contribution in [2.45, 2.75) is 219 Å². The predicted octanol–water partition coefficient (Wildman–Crippen LogP) is 13.8. The van der Waals surface area contributed by atoms with E-state index in [0.717, 1.165) is 121 Å². The van der Waals surface area contributed by atoms with Gasteiger partial charge in [0.1, 0.15) is 33.3 Å². The highest BCUT2D eigenvalue weighted by Gasteiger charge is 2.63. The topological polar surface area (TPSA) is 253 Å². The Morgan fingerprint density at radius 1 is 0.439 bits per heavy atom. The molecule has 2 aliphatic carbocycles. The van der Waals surface area contributed by atoms with E-state index in [1.165, 1.54) is 53.4 Å². The van der Waals surface area contributed by atoms with Gasteiger partial charge in [-0.05, 0) is 203 Å². The number of aryl methyl sites for hydroxylation is 2. The molecule has 10 heterocycles. The number of hydrogen-bond acceptors (Lipinski definition) is 14. The second kappa shape index (κ2) is 30.6. The van der Waals surface area contributed by atoms with Crippen molar-refractivity contribution in [1.82, 2.24) is 38.7 Å². The Hall–Kier alpha value is -8.87. The second-order valence-electron chi connectivity index (χ2n) is 31.0. The highest BCUT2D eigenvalue weighted by Crippen LogP contribution is 2.52. The van der Waals surface area contributed by atoms with Crippen LogP contribution in [0.2, 0.25) is 15.1 Å². The predicted molar refractivity (Wildman–Crippen MR) is 407 cm³/mol. The maximum absolute atomic E-state index is 13.9. The number of nitrogens with zero attached hydrogens (tertiary/aromatic N) is 10. The Morgan fingerprint density at radius 2 is 0.776 bits per heavy atom. The fourth-order valence-electron chi connectivity index (χ4n) is 16.6. The fourth-order valence-corrected chi connectivity index (χ4v) is 17.1. The number of anilines is 4. The summed E-state index contributed by atoms with van der Waals surface area (Å²) in [5.41, 5.74) is 9.31. The molecule has 4 aromatic carbocycles. The smallest absolute Gasteiger partial charge is 0.410 e. The van der Waals surface area contributed by atoms with E-state index in [4.69, 9.17) is 63.7 Å². The molecule has 0 unspecified atom stereocenters. The van der Waals surface area contributed by atoms with Crippen LogP contribution in [0.15, 0.2) is 78.9 Å². The number of likely N-dealkylation sites (tertiary alicyclic amines) is 4. The number of fused-ring (bicyclic) bond motifs is 10. The molecule has 6 aromatic rings. The third-order valence-corrected chi connectivity index (χ3v) is 22.6. The molecule has 0 bridgehead atoms. The normalized spacial score (nSPS) is 18.6. The van der Waals surface area contributed by atoms with Crippen LogP contribution < -0.4 is 20.4 Å². The van der Waals surface area contributed by atoms with Gasteiger partial charge in [0, 0.05) is 115 Å². The van der Waals surface area contributed by atoms with Gasteiger partial charge in [0.05, 0.1) is 48.9 Å². The molecule has 24 nitrogen and oxygen atoms in total. The standard InChI is InChI=1S/2C26H33ClN4O3.C14H15ClN2O3.C14H16N2O3/c2*1-4-5-12-30-22-9-7-6-8-20(22)28-23(30)14-31-21-11-10-18(27)13-19(21)26(24(31)32)15-29(16-26)25(33)34-17(2)3;1-8(2)20-13(19)17-6-14(7-17)10-5-9(15)3-4-11(10)16-12(14)18;1-9(2)19-13(18)16-7-14(8-16)10-5-3-4-6-11(10)15-12(14)17/h2*10-11,13,17H,4-9,12,14-16H2,1-3H3;3-5,8H,6-7H2,1-2H3,(H,16,18);3-6,9H,7-8H2,1-2H3,(H,15,17). The van der Waals surface area contributed by atoms with Gasteiger partial charge < -0.3 is 68.1 Å². The van der Waals surface area contributed by atoms with Gasteiger partial charge in [0.15, 0.2) is 0 Å². The van der Waals surface area contributed by atoms with E-state index in [9.17, 15) is 38.4 Å². The summed E-state index contributed by atoms with van der Waals surface area (Å²) in [4.78, 5) is 121.